The second-order valence-electron chi connectivity index (χ2n) is 4.35. The van der Waals surface area contributed by atoms with Crippen LogP contribution in [0.15, 0.2) is 42.9 Å². The molecular weight excluding hydrogens is 242 g/mol. The van der Waals surface area contributed by atoms with Crippen LogP contribution in [0, 0.1) is 10.1 Å². The number of anilines is 1. The number of aromatic nitrogens is 1. The van der Waals surface area contributed by atoms with E-state index in [9.17, 15) is 10.1 Å². The van der Waals surface area contributed by atoms with Crippen LogP contribution in [-0.2, 0) is 0 Å². The van der Waals surface area contributed by atoms with Gasteiger partial charge >= 0.3 is 0 Å². The van der Waals surface area contributed by atoms with Crippen molar-refractivity contribution in [2.45, 2.75) is 19.8 Å². The zero-order valence-corrected chi connectivity index (χ0v) is 10.9. The average molecular weight is 259 g/mol. The second kappa shape index (κ2) is 6.04. The van der Waals surface area contributed by atoms with Gasteiger partial charge in [0.05, 0.1) is 16.8 Å². The Kier molecular flexibility index (Phi) is 4.18. The second-order valence-corrected chi connectivity index (χ2v) is 4.35. The van der Waals surface area contributed by atoms with Crippen LogP contribution >= 0.6 is 0 Å². The van der Waals surface area contributed by atoms with Crippen LogP contribution in [0.2, 0.25) is 0 Å². The predicted octanol–water partition coefficient (Wildman–Crippen LogP) is 3.52. The van der Waals surface area contributed by atoms with E-state index in [-0.39, 0.29) is 0 Å². The molecule has 1 aromatic carbocycles. The lowest BCUT2D eigenvalue weighted by atomic mass is 10.2. The topological polar surface area (TPSA) is 62.2 Å². The summed E-state index contributed by atoms with van der Waals surface area (Å²) in [6.07, 6.45) is 6.44. The van der Waals surface area contributed by atoms with Crippen molar-refractivity contribution >= 4 is 16.6 Å². The molecule has 0 spiro atoms. The number of hydrogen-bond donors (Lipinski definition) is 1. The van der Waals surface area contributed by atoms with Crippen LogP contribution < -0.4 is 4.90 Å². The van der Waals surface area contributed by atoms with E-state index in [4.69, 9.17) is 0 Å². The number of aromatic amines is 1. The minimum absolute atomic E-state index is 0.437. The summed E-state index contributed by atoms with van der Waals surface area (Å²) in [5.74, 6) is 0. The van der Waals surface area contributed by atoms with E-state index in [1.54, 1.807) is 0 Å². The molecule has 0 fully saturated rings. The molecule has 1 aromatic heterocycles. The molecule has 1 N–H and O–H groups in total. The maximum atomic E-state index is 10.5. The molecule has 0 saturated carbocycles. The fraction of sp³-hybridized carbons (Fsp3) is 0.286. The zero-order chi connectivity index (χ0) is 13.7. The lowest BCUT2D eigenvalue weighted by Gasteiger charge is -2.18. The normalized spacial score (nSPS) is 11.2. The predicted molar refractivity (Wildman–Crippen MR) is 76.7 cm³/mol. The molecule has 5 nitrogen and oxygen atoms in total. The van der Waals surface area contributed by atoms with Crippen LogP contribution in [0.5, 0.6) is 0 Å². The number of hydrogen-bond acceptors (Lipinski definition) is 3. The van der Waals surface area contributed by atoms with E-state index < -0.39 is 4.92 Å². The van der Waals surface area contributed by atoms with Gasteiger partial charge in [0, 0.05) is 23.6 Å². The fourth-order valence-electron chi connectivity index (χ4n) is 2.03. The van der Waals surface area contributed by atoms with Gasteiger partial charge in [-0.15, -0.1) is 0 Å². The molecule has 2 aromatic rings. The number of rotatable bonds is 6. The monoisotopic (exact) mass is 259 g/mol. The van der Waals surface area contributed by atoms with Gasteiger partial charge in [0.1, 0.15) is 0 Å². The van der Waals surface area contributed by atoms with Gasteiger partial charge in [-0.1, -0.05) is 31.5 Å². The van der Waals surface area contributed by atoms with Crippen LogP contribution in [-0.4, -0.2) is 16.5 Å². The summed E-state index contributed by atoms with van der Waals surface area (Å²) in [5.41, 5.74) is 2.01. The maximum absolute atomic E-state index is 10.5. The molecule has 0 aliphatic heterocycles. The van der Waals surface area contributed by atoms with Crippen molar-refractivity contribution in [1.29, 1.82) is 0 Å². The number of nitrogens with one attached hydrogen (secondary N) is 1. The van der Waals surface area contributed by atoms with Crippen molar-refractivity contribution in [2.24, 2.45) is 0 Å². The van der Waals surface area contributed by atoms with Crippen LogP contribution in [0.4, 0.5) is 5.69 Å². The SMILES string of the molecule is CCCCN(C=C[N+](=O)[O-])c1c[nH]c2ccccc12. The summed E-state index contributed by atoms with van der Waals surface area (Å²) in [6.45, 7) is 2.87. The molecule has 5 heteroatoms. The molecule has 19 heavy (non-hydrogen) atoms. The molecule has 0 bridgehead atoms. The molecule has 0 aliphatic rings. The molecule has 0 unspecified atom stereocenters. The van der Waals surface area contributed by atoms with Gasteiger partial charge in [0.2, 0.25) is 0 Å². The highest BCUT2D eigenvalue weighted by atomic mass is 16.6. The van der Waals surface area contributed by atoms with E-state index in [2.05, 4.69) is 11.9 Å². The van der Waals surface area contributed by atoms with Crippen molar-refractivity contribution in [3.05, 3.63) is 53.0 Å². The Bertz CT molecular complexity index is 589. The molecule has 100 valence electrons. The molecular formula is C14H17N3O2. The number of benzene rings is 1. The number of unbranched alkanes of at least 4 members (excludes halogenated alkanes) is 1. The van der Waals surface area contributed by atoms with Gasteiger partial charge in [0.25, 0.3) is 6.20 Å². The Balaban J connectivity index is 2.33. The number of H-pyrrole nitrogens is 1. The Morgan fingerprint density at radius 3 is 2.95 bits per heavy atom. The van der Waals surface area contributed by atoms with Gasteiger partial charge < -0.3 is 9.88 Å². The molecule has 2 rings (SSSR count). The Labute approximate surface area is 111 Å². The van der Waals surface area contributed by atoms with E-state index in [0.29, 0.717) is 0 Å². The fourth-order valence-corrected chi connectivity index (χ4v) is 2.03. The number of nitrogens with zero attached hydrogens (tertiary/aromatic N) is 2. The van der Waals surface area contributed by atoms with Crippen LogP contribution in [0.25, 0.3) is 10.9 Å². The first-order valence-electron chi connectivity index (χ1n) is 6.37. The van der Waals surface area contributed by atoms with E-state index in [0.717, 1.165) is 42.2 Å². The van der Waals surface area contributed by atoms with Crippen molar-refractivity contribution in [2.75, 3.05) is 11.4 Å². The molecule has 0 saturated heterocycles. The molecule has 0 amide bonds. The van der Waals surface area contributed by atoms with Crippen molar-refractivity contribution in [3.63, 3.8) is 0 Å². The standard InChI is InChI=1S/C14H17N3O2/c1-2-3-8-16(9-10-17(18)19)14-11-15-13-7-5-4-6-12(13)14/h4-7,9-11,15H,2-3,8H2,1H3. The van der Waals surface area contributed by atoms with Crippen molar-refractivity contribution in [1.82, 2.24) is 4.98 Å². The maximum Gasteiger partial charge on any atom is 0.250 e. The highest BCUT2D eigenvalue weighted by Crippen LogP contribution is 2.27. The third-order valence-corrected chi connectivity index (χ3v) is 3.00. The smallest absolute Gasteiger partial charge is 0.250 e. The highest BCUT2D eigenvalue weighted by Gasteiger charge is 2.09. The van der Waals surface area contributed by atoms with Gasteiger partial charge in [-0.3, -0.25) is 10.1 Å². The third-order valence-electron chi connectivity index (χ3n) is 3.00. The van der Waals surface area contributed by atoms with Crippen molar-refractivity contribution in [3.8, 4) is 0 Å². The summed E-state index contributed by atoms with van der Waals surface area (Å²) in [7, 11) is 0. The number of nitro groups is 1. The van der Waals surface area contributed by atoms with Gasteiger partial charge in [-0.2, -0.15) is 0 Å². The lowest BCUT2D eigenvalue weighted by molar-refractivity contribution is -0.402. The number of para-hydroxylation sites is 1. The molecule has 0 atom stereocenters. The summed E-state index contributed by atoms with van der Waals surface area (Å²) < 4.78 is 0. The minimum Gasteiger partial charge on any atom is -0.359 e. The third kappa shape index (κ3) is 3.13. The molecule has 1 heterocycles. The van der Waals surface area contributed by atoms with E-state index >= 15 is 0 Å². The summed E-state index contributed by atoms with van der Waals surface area (Å²) in [4.78, 5) is 15.2. The Morgan fingerprint density at radius 1 is 1.42 bits per heavy atom. The van der Waals surface area contributed by atoms with Crippen molar-refractivity contribution < 1.29 is 4.92 Å². The van der Waals surface area contributed by atoms with E-state index in [1.165, 1.54) is 6.20 Å². The largest absolute Gasteiger partial charge is 0.359 e. The Hall–Kier alpha value is -2.30. The van der Waals surface area contributed by atoms with Gasteiger partial charge in [-0.25, -0.2) is 0 Å². The summed E-state index contributed by atoms with van der Waals surface area (Å²) in [6, 6.07) is 7.94. The highest BCUT2D eigenvalue weighted by molar-refractivity contribution is 5.93. The lowest BCUT2D eigenvalue weighted by Crippen LogP contribution is -2.17. The quantitative estimate of drug-likeness (QED) is 0.637. The van der Waals surface area contributed by atoms with E-state index in [1.807, 2.05) is 35.4 Å². The number of fused-ring (bicyclic) bond motifs is 1. The first-order valence-corrected chi connectivity index (χ1v) is 6.37. The minimum atomic E-state index is -0.437. The molecule has 0 radical (unpaired) electrons. The van der Waals surface area contributed by atoms with Crippen LogP contribution in [0.3, 0.4) is 0 Å². The average Bonchev–Trinajstić information content (AvgIpc) is 2.83. The first kappa shape index (κ1) is 13.1. The zero-order valence-electron chi connectivity index (χ0n) is 10.9. The molecule has 0 aliphatic carbocycles. The van der Waals surface area contributed by atoms with Crippen LogP contribution in [0.1, 0.15) is 19.8 Å². The summed E-state index contributed by atoms with van der Waals surface area (Å²) >= 11 is 0. The first-order chi connectivity index (χ1) is 9.22. The van der Waals surface area contributed by atoms with Gasteiger partial charge in [-0.05, 0) is 12.5 Å². The van der Waals surface area contributed by atoms with Gasteiger partial charge in [0.15, 0.2) is 0 Å². The summed E-state index contributed by atoms with van der Waals surface area (Å²) in [5, 5.41) is 11.6. The Morgan fingerprint density at radius 2 is 2.21 bits per heavy atom.